The third kappa shape index (κ3) is 4.58. The van der Waals surface area contributed by atoms with E-state index in [1.54, 1.807) is 0 Å². The molecule has 21 heavy (non-hydrogen) atoms. The molecule has 0 aliphatic carbocycles. The number of nitrogens with zero attached hydrogens (tertiary/aromatic N) is 2. The molecule has 2 rings (SSSR count). The average molecular weight is 290 g/mol. The van der Waals surface area contributed by atoms with Gasteiger partial charge in [0.05, 0.1) is 5.69 Å². The van der Waals surface area contributed by atoms with Gasteiger partial charge in [0.2, 0.25) is 0 Å². The fourth-order valence-electron chi connectivity index (χ4n) is 2.18. The number of ether oxygens (including phenoxy) is 1. The highest BCUT2D eigenvalue weighted by Gasteiger charge is 2.14. The van der Waals surface area contributed by atoms with Crippen LogP contribution in [0.15, 0.2) is 34.9 Å². The van der Waals surface area contributed by atoms with Crippen molar-refractivity contribution in [1.29, 1.82) is 0 Å². The van der Waals surface area contributed by atoms with Crippen LogP contribution in [0.1, 0.15) is 17.0 Å². The van der Waals surface area contributed by atoms with Crippen molar-refractivity contribution in [3.05, 3.63) is 47.3 Å². The van der Waals surface area contributed by atoms with E-state index in [4.69, 9.17) is 9.26 Å². The second-order valence-electron chi connectivity index (χ2n) is 5.28. The molecule has 5 nitrogen and oxygen atoms in total. The lowest BCUT2D eigenvalue weighted by Gasteiger charge is -2.20. The Kier molecular flexibility index (Phi) is 5.36. The predicted molar refractivity (Wildman–Crippen MR) is 80.3 cm³/mol. The minimum atomic E-state index is -0.546. The van der Waals surface area contributed by atoms with Crippen LogP contribution in [0.4, 0.5) is 0 Å². The number of aryl methyl sites for hydroxylation is 2. The first-order valence-corrected chi connectivity index (χ1v) is 7.02. The van der Waals surface area contributed by atoms with Crippen LogP contribution >= 0.6 is 0 Å². The van der Waals surface area contributed by atoms with Crippen molar-refractivity contribution in [2.75, 3.05) is 20.2 Å². The van der Waals surface area contributed by atoms with Crippen molar-refractivity contribution in [1.82, 2.24) is 10.1 Å². The molecular formula is C16H22N2O3. The molecule has 1 aromatic heterocycles. The highest BCUT2D eigenvalue weighted by molar-refractivity contribution is 5.21. The first-order chi connectivity index (χ1) is 10.1. The summed E-state index contributed by atoms with van der Waals surface area (Å²) in [5.74, 6) is 1.60. The number of benzene rings is 1. The molecule has 0 saturated carbocycles. The number of aliphatic hydroxyl groups excluding tert-OH is 1. The number of aliphatic hydroxyl groups is 1. The summed E-state index contributed by atoms with van der Waals surface area (Å²) >= 11 is 0. The van der Waals surface area contributed by atoms with E-state index in [0.29, 0.717) is 13.1 Å². The molecule has 0 saturated heterocycles. The van der Waals surface area contributed by atoms with Gasteiger partial charge in [-0.1, -0.05) is 23.4 Å². The molecule has 114 valence electrons. The fourth-order valence-corrected chi connectivity index (χ4v) is 2.18. The molecule has 0 amide bonds. The van der Waals surface area contributed by atoms with Gasteiger partial charge in [-0.25, -0.2) is 0 Å². The third-order valence-electron chi connectivity index (χ3n) is 3.32. The van der Waals surface area contributed by atoms with Crippen LogP contribution in [-0.4, -0.2) is 41.5 Å². The van der Waals surface area contributed by atoms with Gasteiger partial charge in [-0.3, -0.25) is 4.90 Å². The van der Waals surface area contributed by atoms with E-state index in [1.807, 2.05) is 56.1 Å². The van der Waals surface area contributed by atoms with Gasteiger partial charge in [0.1, 0.15) is 24.2 Å². The van der Waals surface area contributed by atoms with E-state index < -0.39 is 6.10 Å². The van der Waals surface area contributed by atoms with Crippen LogP contribution in [0.2, 0.25) is 0 Å². The van der Waals surface area contributed by atoms with Gasteiger partial charge in [-0.15, -0.1) is 0 Å². The minimum absolute atomic E-state index is 0.274. The van der Waals surface area contributed by atoms with Crippen LogP contribution in [0.5, 0.6) is 5.75 Å². The Morgan fingerprint density at radius 2 is 2.00 bits per heavy atom. The molecule has 0 aliphatic heterocycles. The maximum atomic E-state index is 10.0. The molecule has 1 N–H and O–H groups in total. The van der Waals surface area contributed by atoms with Gasteiger partial charge in [0.15, 0.2) is 0 Å². The van der Waals surface area contributed by atoms with Gasteiger partial charge in [0, 0.05) is 18.7 Å². The molecule has 0 radical (unpaired) electrons. The van der Waals surface area contributed by atoms with Gasteiger partial charge in [0.25, 0.3) is 0 Å². The minimum Gasteiger partial charge on any atom is -0.491 e. The largest absolute Gasteiger partial charge is 0.491 e. The van der Waals surface area contributed by atoms with Crippen LogP contribution in [0.3, 0.4) is 0 Å². The first-order valence-electron chi connectivity index (χ1n) is 7.02. The Hall–Kier alpha value is -1.85. The Balaban J connectivity index is 1.78. The maximum Gasteiger partial charge on any atom is 0.138 e. The lowest BCUT2D eigenvalue weighted by molar-refractivity contribution is 0.0742. The Labute approximate surface area is 125 Å². The predicted octanol–water partition coefficient (Wildman–Crippen LogP) is 2.16. The second kappa shape index (κ2) is 7.24. The van der Waals surface area contributed by atoms with Gasteiger partial charge in [-0.05, 0) is 33.0 Å². The zero-order valence-corrected chi connectivity index (χ0v) is 12.7. The van der Waals surface area contributed by atoms with Crippen LogP contribution in [-0.2, 0) is 6.54 Å². The summed E-state index contributed by atoms with van der Waals surface area (Å²) in [5, 5.41) is 14.0. The summed E-state index contributed by atoms with van der Waals surface area (Å²) in [5.41, 5.74) is 1.98. The number of rotatable bonds is 7. The normalized spacial score (nSPS) is 12.6. The van der Waals surface area contributed by atoms with Crippen LogP contribution < -0.4 is 4.74 Å². The van der Waals surface area contributed by atoms with Gasteiger partial charge < -0.3 is 14.4 Å². The summed E-state index contributed by atoms with van der Waals surface area (Å²) in [6.45, 7) is 5.32. The second-order valence-corrected chi connectivity index (χ2v) is 5.28. The fraction of sp³-hybridized carbons (Fsp3) is 0.438. The van der Waals surface area contributed by atoms with E-state index in [2.05, 4.69) is 5.16 Å². The van der Waals surface area contributed by atoms with Crippen molar-refractivity contribution in [3.63, 3.8) is 0 Å². The molecular weight excluding hydrogens is 268 g/mol. The van der Waals surface area contributed by atoms with Crippen LogP contribution in [0.25, 0.3) is 0 Å². The van der Waals surface area contributed by atoms with Crippen molar-refractivity contribution < 1.29 is 14.4 Å². The molecule has 5 heteroatoms. The van der Waals surface area contributed by atoms with Crippen molar-refractivity contribution >= 4 is 0 Å². The summed E-state index contributed by atoms with van der Waals surface area (Å²) < 4.78 is 10.7. The number of hydrogen-bond acceptors (Lipinski definition) is 5. The number of likely N-dealkylation sites (N-methyl/N-ethyl adjacent to an activating group) is 1. The summed E-state index contributed by atoms with van der Waals surface area (Å²) in [4.78, 5) is 2.03. The van der Waals surface area contributed by atoms with E-state index >= 15 is 0 Å². The lowest BCUT2D eigenvalue weighted by Crippen LogP contribution is -2.33. The number of hydrogen-bond donors (Lipinski definition) is 1. The highest BCUT2D eigenvalue weighted by atomic mass is 16.5. The van der Waals surface area contributed by atoms with E-state index in [-0.39, 0.29) is 6.61 Å². The molecule has 1 aromatic carbocycles. The van der Waals surface area contributed by atoms with Crippen molar-refractivity contribution in [2.45, 2.75) is 26.5 Å². The summed E-state index contributed by atoms with van der Waals surface area (Å²) in [6, 6.07) is 9.50. The zero-order chi connectivity index (χ0) is 15.2. The van der Waals surface area contributed by atoms with Crippen molar-refractivity contribution in [2.24, 2.45) is 0 Å². The van der Waals surface area contributed by atoms with Gasteiger partial charge in [-0.2, -0.15) is 0 Å². The number of para-hydroxylation sites is 1. The topological polar surface area (TPSA) is 58.7 Å². The Morgan fingerprint density at radius 3 is 2.62 bits per heavy atom. The molecule has 0 fully saturated rings. The average Bonchev–Trinajstić information content (AvgIpc) is 2.78. The quantitative estimate of drug-likeness (QED) is 0.847. The molecule has 0 spiro atoms. The third-order valence-corrected chi connectivity index (χ3v) is 3.32. The zero-order valence-electron chi connectivity index (χ0n) is 12.7. The van der Waals surface area contributed by atoms with Crippen molar-refractivity contribution in [3.8, 4) is 5.75 Å². The molecule has 0 bridgehead atoms. The van der Waals surface area contributed by atoms with E-state index in [0.717, 1.165) is 22.8 Å². The molecule has 0 aliphatic rings. The van der Waals surface area contributed by atoms with E-state index in [1.165, 1.54) is 0 Å². The molecule has 1 heterocycles. The lowest BCUT2D eigenvalue weighted by atomic mass is 10.2. The Morgan fingerprint density at radius 1 is 1.29 bits per heavy atom. The molecule has 1 atom stereocenters. The molecule has 1 unspecified atom stereocenters. The Bertz CT molecular complexity index is 534. The SMILES string of the molecule is Cc1noc(C)c1CN(C)CC(O)COc1ccccc1. The van der Waals surface area contributed by atoms with Crippen LogP contribution in [0, 0.1) is 13.8 Å². The standard InChI is InChI=1S/C16H22N2O3/c1-12-16(13(2)21-17-12)10-18(3)9-14(19)11-20-15-7-5-4-6-8-15/h4-8,14,19H,9-11H2,1-3H3. The smallest absolute Gasteiger partial charge is 0.138 e. The molecule has 2 aromatic rings. The summed E-state index contributed by atoms with van der Waals surface area (Å²) in [7, 11) is 1.96. The summed E-state index contributed by atoms with van der Waals surface area (Å²) in [6.07, 6.45) is -0.546. The highest BCUT2D eigenvalue weighted by Crippen LogP contribution is 2.14. The van der Waals surface area contributed by atoms with E-state index in [9.17, 15) is 5.11 Å². The maximum absolute atomic E-state index is 10.0. The first kappa shape index (κ1) is 15.5. The van der Waals surface area contributed by atoms with Gasteiger partial charge >= 0.3 is 0 Å². The number of aromatic nitrogens is 1. The monoisotopic (exact) mass is 290 g/mol.